The minimum Gasteiger partial charge on any atom is -0.497 e. The highest BCUT2D eigenvalue weighted by Gasteiger charge is 2.00. The third-order valence-electron chi connectivity index (χ3n) is 1.55. The van der Waals surface area contributed by atoms with Crippen LogP contribution in [0.1, 0.15) is 5.56 Å². The molecule has 0 amide bonds. The van der Waals surface area contributed by atoms with Crippen LogP contribution in [0.15, 0.2) is 18.2 Å². The van der Waals surface area contributed by atoms with Crippen molar-refractivity contribution < 1.29 is 9.47 Å². The minimum atomic E-state index is 0.634. The summed E-state index contributed by atoms with van der Waals surface area (Å²) in [5.74, 6) is 0.877. The lowest BCUT2D eigenvalue weighted by molar-refractivity contribution is 0.184. The number of halogens is 1. The lowest BCUT2D eigenvalue weighted by atomic mass is 10.2. The summed E-state index contributed by atoms with van der Waals surface area (Å²) in [6, 6.07) is 5.96. The Bertz CT molecular complexity index is 261. The molecule has 0 aliphatic heterocycles. The monoisotopic (exact) mass is 278 g/mol. The molecule has 0 bridgehead atoms. The molecule has 12 heavy (non-hydrogen) atoms. The molecule has 1 aromatic carbocycles. The zero-order chi connectivity index (χ0) is 8.97. The number of hydrogen-bond donors (Lipinski definition) is 0. The van der Waals surface area contributed by atoms with Gasteiger partial charge in [0.15, 0.2) is 0 Å². The van der Waals surface area contributed by atoms with Crippen molar-refractivity contribution in [1.29, 1.82) is 0 Å². The van der Waals surface area contributed by atoms with E-state index in [4.69, 9.17) is 9.47 Å². The van der Waals surface area contributed by atoms with Crippen molar-refractivity contribution in [2.75, 3.05) is 14.2 Å². The summed E-state index contributed by atoms with van der Waals surface area (Å²) >= 11 is 2.28. The first-order valence-corrected chi connectivity index (χ1v) is 4.67. The molecule has 0 fully saturated rings. The Kier molecular flexibility index (Phi) is 3.81. The van der Waals surface area contributed by atoms with Crippen molar-refractivity contribution in [3.63, 3.8) is 0 Å². The molecule has 0 aliphatic carbocycles. The predicted molar refractivity (Wildman–Crippen MR) is 56.4 cm³/mol. The van der Waals surface area contributed by atoms with Gasteiger partial charge in [-0.25, -0.2) is 0 Å². The van der Waals surface area contributed by atoms with Crippen molar-refractivity contribution in [3.05, 3.63) is 27.3 Å². The van der Waals surface area contributed by atoms with Gasteiger partial charge in [-0.3, -0.25) is 0 Å². The maximum absolute atomic E-state index is 5.10. The molecule has 1 rings (SSSR count). The van der Waals surface area contributed by atoms with E-state index in [1.54, 1.807) is 14.2 Å². The summed E-state index contributed by atoms with van der Waals surface area (Å²) in [5.41, 5.74) is 1.16. The van der Waals surface area contributed by atoms with Gasteiger partial charge in [-0.1, -0.05) is 0 Å². The maximum atomic E-state index is 5.10. The summed E-state index contributed by atoms with van der Waals surface area (Å²) in [6.45, 7) is 0.634. The van der Waals surface area contributed by atoms with Crippen LogP contribution in [0, 0.1) is 3.57 Å². The first-order chi connectivity index (χ1) is 5.77. The van der Waals surface area contributed by atoms with Crippen LogP contribution >= 0.6 is 22.6 Å². The van der Waals surface area contributed by atoms with Gasteiger partial charge in [-0.05, 0) is 46.4 Å². The Morgan fingerprint density at radius 1 is 1.33 bits per heavy atom. The van der Waals surface area contributed by atoms with Crippen molar-refractivity contribution in [2.24, 2.45) is 0 Å². The van der Waals surface area contributed by atoms with E-state index >= 15 is 0 Å². The molecule has 66 valence electrons. The van der Waals surface area contributed by atoms with Crippen molar-refractivity contribution in [3.8, 4) is 5.75 Å². The molecule has 0 saturated heterocycles. The average Bonchev–Trinajstić information content (AvgIpc) is 2.09. The van der Waals surface area contributed by atoms with Crippen LogP contribution in [0.2, 0.25) is 0 Å². The predicted octanol–water partition coefficient (Wildman–Crippen LogP) is 2.45. The van der Waals surface area contributed by atoms with Gasteiger partial charge in [0.2, 0.25) is 0 Å². The third-order valence-corrected chi connectivity index (χ3v) is 2.61. The van der Waals surface area contributed by atoms with Crippen LogP contribution in [-0.2, 0) is 11.3 Å². The number of benzene rings is 1. The summed E-state index contributed by atoms with van der Waals surface area (Å²) in [5, 5.41) is 0. The fraction of sp³-hybridized carbons (Fsp3) is 0.333. The Labute approximate surface area is 86.0 Å². The first-order valence-electron chi connectivity index (χ1n) is 3.59. The Morgan fingerprint density at radius 2 is 2.08 bits per heavy atom. The molecule has 0 heterocycles. The fourth-order valence-corrected chi connectivity index (χ4v) is 1.44. The van der Waals surface area contributed by atoms with E-state index in [1.807, 2.05) is 18.2 Å². The average molecular weight is 278 g/mol. The van der Waals surface area contributed by atoms with Gasteiger partial charge >= 0.3 is 0 Å². The normalized spacial score (nSPS) is 9.92. The lowest BCUT2D eigenvalue weighted by Gasteiger charge is -2.05. The second-order valence-electron chi connectivity index (χ2n) is 2.39. The molecule has 0 aromatic heterocycles. The number of hydrogen-bond acceptors (Lipinski definition) is 2. The van der Waals surface area contributed by atoms with Gasteiger partial charge in [-0.2, -0.15) is 0 Å². The van der Waals surface area contributed by atoms with E-state index < -0.39 is 0 Å². The van der Waals surface area contributed by atoms with E-state index in [0.29, 0.717) is 6.61 Å². The minimum absolute atomic E-state index is 0.634. The van der Waals surface area contributed by atoms with Crippen molar-refractivity contribution in [1.82, 2.24) is 0 Å². The Balaban J connectivity index is 2.91. The fourth-order valence-electron chi connectivity index (χ4n) is 0.944. The summed E-state index contributed by atoms with van der Waals surface area (Å²) in [4.78, 5) is 0. The van der Waals surface area contributed by atoms with Gasteiger partial charge in [0, 0.05) is 10.7 Å². The smallest absolute Gasteiger partial charge is 0.119 e. The van der Waals surface area contributed by atoms with Crippen LogP contribution in [-0.4, -0.2) is 14.2 Å². The standard InChI is InChI=1S/C9H11IO2/c1-11-6-7-5-8(12-2)3-4-9(7)10/h3-5H,6H2,1-2H3. The van der Waals surface area contributed by atoms with E-state index in [1.165, 1.54) is 3.57 Å². The third kappa shape index (κ3) is 2.35. The zero-order valence-electron chi connectivity index (χ0n) is 7.13. The van der Waals surface area contributed by atoms with Crippen LogP contribution < -0.4 is 4.74 Å². The van der Waals surface area contributed by atoms with Crippen molar-refractivity contribution >= 4 is 22.6 Å². The maximum Gasteiger partial charge on any atom is 0.119 e. The summed E-state index contributed by atoms with van der Waals surface area (Å²) < 4.78 is 11.3. The van der Waals surface area contributed by atoms with Crippen LogP contribution in [0.25, 0.3) is 0 Å². The second-order valence-corrected chi connectivity index (χ2v) is 3.55. The quantitative estimate of drug-likeness (QED) is 0.791. The Morgan fingerprint density at radius 3 is 2.67 bits per heavy atom. The lowest BCUT2D eigenvalue weighted by Crippen LogP contribution is -1.92. The topological polar surface area (TPSA) is 18.5 Å². The largest absolute Gasteiger partial charge is 0.497 e. The van der Waals surface area contributed by atoms with Gasteiger partial charge in [0.05, 0.1) is 13.7 Å². The SMILES string of the molecule is COCc1cc(OC)ccc1I. The highest BCUT2D eigenvalue weighted by molar-refractivity contribution is 14.1. The first kappa shape index (κ1) is 9.80. The summed E-state index contributed by atoms with van der Waals surface area (Å²) in [7, 11) is 3.36. The highest BCUT2D eigenvalue weighted by atomic mass is 127. The van der Waals surface area contributed by atoms with E-state index in [9.17, 15) is 0 Å². The molecular weight excluding hydrogens is 267 g/mol. The van der Waals surface area contributed by atoms with E-state index in [2.05, 4.69) is 22.6 Å². The second kappa shape index (κ2) is 4.67. The van der Waals surface area contributed by atoms with Crippen LogP contribution in [0.5, 0.6) is 5.75 Å². The molecule has 1 aromatic rings. The highest BCUT2D eigenvalue weighted by Crippen LogP contribution is 2.19. The molecular formula is C9H11IO2. The molecule has 0 atom stereocenters. The number of methoxy groups -OCH3 is 2. The molecule has 2 nitrogen and oxygen atoms in total. The number of rotatable bonds is 3. The van der Waals surface area contributed by atoms with E-state index in [-0.39, 0.29) is 0 Å². The van der Waals surface area contributed by atoms with E-state index in [0.717, 1.165) is 11.3 Å². The molecule has 3 heteroatoms. The zero-order valence-corrected chi connectivity index (χ0v) is 9.29. The molecule has 0 N–H and O–H groups in total. The van der Waals surface area contributed by atoms with Crippen molar-refractivity contribution in [2.45, 2.75) is 6.61 Å². The van der Waals surface area contributed by atoms with Crippen LogP contribution in [0.3, 0.4) is 0 Å². The summed E-state index contributed by atoms with van der Waals surface area (Å²) in [6.07, 6.45) is 0. The molecule has 0 unspecified atom stereocenters. The van der Waals surface area contributed by atoms with Gasteiger partial charge in [0.1, 0.15) is 5.75 Å². The molecule has 0 radical (unpaired) electrons. The molecule has 0 aliphatic rings. The van der Waals surface area contributed by atoms with Gasteiger partial charge in [-0.15, -0.1) is 0 Å². The molecule has 0 saturated carbocycles. The van der Waals surface area contributed by atoms with Crippen LogP contribution in [0.4, 0.5) is 0 Å². The van der Waals surface area contributed by atoms with Gasteiger partial charge in [0.25, 0.3) is 0 Å². The number of ether oxygens (including phenoxy) is 2. The van der Waals surface area contributed by atoms with Gasteiger partial charge < -0.3 is 9.47 Å². The Hall–Kier alpha value is -0.290. The molecule has 0 spiro atoms.